The van der Waals surface area contributed by atoms with Crippen molar-refractivity contribution in [3.8, 4) is 0 Å². The molecule has 40 heavy (non-hydrogen) atoms. The summed E-state index contributed by atoms with van der Waals surface area (Å²) in [5.74, 6) is -2.97. The van der Waals surface area contributed by atoms with Gasteiger partial charge in [0.1, 0.15) is 43.7 Å². The van der Waals surface area contributed by atoms with E-state index in [4.69, 9.17) is 37.9 Å². The fourth-order valence-corrected chi connectivity index (χ4v) is 4.17. The Morgan fingerprint density at radius 1 is 0.650 bits per heavy atom. The minimum Gasteiger partial charge on any atom is -0.463 e. The standard InChI is InChI=1S/C26H42O14/c1-7-16(27)34-11-14-13(5)20(31)23(38-18(29)9-3)26(36-14)40-22-15(12-35-17(28)8-2)37-25(33-6)24(21(22)32)39-19(30)10-4/h13-15,20-26,31-32H,7-12H2,1-6H3/t13-,14?,15?,20+,21-,22+,23?,24?,25+,26+/m1/s1. The molecule has 2 fully saturated rings. The van der Waals surface area contributed by atoms with E-state index in [0.717, 1.165) is 0 Å². The average molecular weight is 579 g/mol. The van der Waals surface area contributed by atoms with Crippen LogP contribution in [0, 0.1) is 5.92 Å². The van der Waals surface area contributed by atoms with Gasteiger partial charge < -0.3 is 48.1 Å². The molecule has 14 heteroatoms. The predicted octanol–water partition coefficient (Wildman–Crippen LogP) is 0.376. The maximum Gasteiger partial charge on any atom is 0.306 e. The lowest BCUT2D eigenvalue weighted by atomic mass is 9.90. The summed E-state index contributed by atoms with van der Waals surface area (Å²) in [6.45, 7) is 7.40. The minimum absolute atomic E-state index is 0.00279. The lowest BCUT2D eigenvalue weighted by molar-refractivity contribution is -0.354. The molecule has 2 aliphatic rings. The Kier molecular flexibility index (Phi) is 13.7. The first kappa shape index (κ1) is 33.8. The minimum atomic E-state index is -1.58. The highest BCUT2D eigenvalue weighted by Gasteiger charge is 2.53. The summed E-state index contributed by atoms with van der Waals surface area (Å²) in [5.41, 5.74) is 0. The van der Waals surface area contributed by atoms with E-state index in [1.54, 1.807) is 34.6 Å². The molecular weight excluding hydrogens is 536 g/mol. The molecule has 0 bridgehead atoms. The van der Waals surface area contributed by atoms with Gasteiger partial charge in [-0.05, 0) is 0 Å². The Labute approximate surface area is 233 Å². The van der Waals surface area contributed by atoms with E-state index in [1.807, 2.05) is 0 Å². The number of hydrogen-bond acceptors (Lipinski definition) is 14. The van der Waals surface area contributed by atoms with E-state index in [9.17, 15) is 29.4 Å². The van der Waals surface area contributed by atoms with Crippen LogP contribution in [0.4, 0.5) is 0 Å². The quantitative estimate of drug-likeness (QED) is 0.226. The molecular formula is C26H42O14. The summed E-state index contributed by atoms with van der Waals surface area (Å²) >= 11 is 0. The van der Waals surface area contributed by atoms with Gasteiger partial charge in [-0.3, -0.25) is 19.2 Å². The van der Waals surface area contributed by atoms with Crippen molar-refractivity contribution in [3.63, 3.8) is 0 Å². The third kappa shape index (κ3) is 8.82. The maximum atomic E-state index is 12.2. The van der Waals surface area contributed by atoms with E-state index < -0.39 is 85.1 Å². The summed E-state index contributed by atoms with van der Waals surface area (Å²) in [7, 11) is 1.28. The Bertz CT molecular complexity index is 845. The summed E-state index contributed by atoms with van der Waals surface area (Å²) in [6, 6.07) is 0. The molecule has 2 saturated heterocycles. The SMILES string of the molecule is CCC(=O)OCC1O[C@@H](O[C@H]2C(COC(=O)CC)O[C@H](OC)C(OC(=O)CC)[C@@H]2O)C(OC(=O)CC)[C@@H](O)[C@@H]1C. The number of esters is 4. The molecule has 0 spiro atoms. The van der Waals surface area contributed by atoms with Crippen LogP contribution in [0.5, 0.6) is 0 Å². The molecule has 2 rings (SSSR count). The highest BCUT2D eigenvalue weighted by Crippen LogP contribution is 2.34. The molecule has 2 heterocycles. The van der Waals surface area contributed by atoms with Gasteiger partial charge in [0.15, 0.2) is 24.8 Å². The van der Waals surface area contributed by atoms with E-state index >= 15 is 0 Å². The topological polar surface area (TPSA) is 183 Å². The van der Waals surface area contributed by atoms with Crippen LogP contribution in [-0.2, 0) is 57.1 Å². The molecule has 2 N–H and O–H groups in total. The Balaban J connectivity index is 2.40. The summed E-state index contributed by atoms with van der Waals surface area (Å²) in [6.07, 6.45) is -11.5. The fraction of sp³-hybridized carbons (Fsp3) is 0.846. The van der Waals surface area contributed by atoms with Crippen LogP contribution in [0.25, 0.3) is 0 Å². The third-order valence-electron chi connectivity index (χ3n) is 6.69. The van der Waals surface area contributed by atoms with Crippen molar-refractivity contribution >= 4 is 23.9 Å². The zero-order valence-corrected chi connectivity index (χ0v) is 23.8. The maximum absolute atomic E-state index is 12.2. The van der Waals surface area contributed by atoms with E-state index in [0.29, 0.717) is 0 Å². The number of hydrogen-bond donors (Lipinski definition) is 2. The van der Waals surface area contributed by atoms with Crippen LogP contribution in [0.2, 0.25) is 0 Å². The number of methoxy groups -OCH3 is 1. The second-order valence-corrected chi connectivity index (χ2v) is 9.45. The van der Waals surface area contributed by atoms with E-state index in [2.05, 4.69) is 0 Å². The normalized spacial score (nSPS) is 34.0. The van der Waals surface area contributed by atoms with Crippen molar-refractivity contribution in [2.45, 2.75) is 116 Å². The predicted molar refractivity (Wildman–Crippen MR) is 133 cm³/mol. The molecule has 14 nitrogen and oxygen atoms in total. The van der Waals surface area contributed by atoms with Crippen molar-refractivity contribution in [1.29, 1.82) is 0 Å². The number of aliphatic hydroxyl groups excluding tert-OH is 2. The monoisotopic (exact) mass is 578 g/mol. The molecule has 0 amide bonds. The molecule has 230 valence electrons. The first-order chi connectivity index (χ1) is 19.0. The largest absolute Gasteiger partial charge is 0.463 e. The highest BCUT2D eigenvalue weighted by molar-refractivity contribution is 5.70. The Hall–Kier alpha value is -2.36. The second-order valence-electron chi connectivity index (χ2n) is 9.45. The molecule has 10 atom stereocenters. The number of ether oxygens (including phenoxy) is 8. The summed E-state index contributed by atoms with van der Waals surface area (Å²) in [4.78, 5) is 47.9. The van der Waals surface area contributed by atoms with Gasteiger partial charge in [-0.15, -0.1) is 0 Å². The van der Waals surface area contributed by atoms with Gasteiger partial charge in [-0.1, -0.05) is 34.6 Å². The van der Waals surface area contributed by atoms with Crippen molar-refractivity contribution in [2.75, 3.05) is 20.3 Å². The number of carbonyl (C=O) groups excluding carboxylic acids is 4. The average Bonchev–Trinajstić information content (AvgIpc) is 2.96. The van der Waals surface area contributed by atoms with Crippen molar-refractivity contribution in [1.82, 2.24) is 0 Å². The fourth-order valence-electron chi connectivity index (χ4n) is 4.17. The molecule has 2 aliphatic heterocycles. The third-order valence-corrected chi connectivity index (χ3v) is 6.69. The molecule has 0 aliphatic carbocycles. The van der Waals surface area contributed by atoms with Crippen LogP contribution >= 0.6 is 0 Å². The highest BCUT2D eigenvalue weighted by atomic mass is 16.8. The van der Waals surface area contributed by atoms with Crippen LogP contribution in [0.3, 0.4) is 0 Å². The number of aliphatic hydroxyl groups is 2. The van der Waals surface area contributed by atoms with Crippen LogP contribution in [0.1, 0.15) is 60.3 Å². The molecule has 0 radical (unpaired) electrons. The van der Waals surface area contributed by atoms with Crippen molar-refractivity contribution < 1.29 is 67.3 Å². The zero-order chi connectivity index (χ0) is 30.0. The number of carbonyl (C=O) groups is 4. The lowest BCUT2D eigenvalue weighted by Crippen LogP contribution is -2.64. The van der Waals surface area contributed by atoms with Gasteiger partial charge in [0.05, 0.1) is 0 Å². The van der Waals surface area contributed by atoms with Gasteiger partial charge in [-0.25, -0.2) is 0 Å². The first-order valence-electron chi connectivity index (χ1n) is 13.6. The van der Waals surface area contributed by atoms with E-state index in [1.165, 1.54) is 7.11 Å². The Morgan fingerprint density at radius 2 is 1.10 bits per heavy atom. The molecule has 0 saturated carbocycles. The van der Waals surface area contributed by atoms with Gasteiger partial charge in [-0.2, -0.15) is 0 Å². The molecule has 0 aromatic heterocycles. The molecule has 4 unspecified atom stereocenters. The summed E-state index contributed by atoms with van der Waals surface area (Å²) in [5, 5.41) is 22.4. The van der Waals surface area contributed by atoms with Crippen LogP contribution in [-0.4, -0.2) is 110 Å². The lowest BCUT2D eigenvalue weighted by Gasteiger charge is -2.47. The van der Waals surface area contributed by atoms with Crippen LogP contribution in [0.15, 0.2) is 0 Å². The van der Waals surface area contributed by atoms with Gasteiger partial charge >= 0.3 is 23.9 Å². The number of rotatable bonds is 13. The molecule has 0 aromatic carbocycles. The van der Waals surface area contributed by atoms with Gasteiger partial charge in [0, 0.05) is 38.7 Å². The van der Waals surface area contributed by atoms with Crippen LogP contribution < -0.4 is 0 Å². The van der Waals surface area contributed by atoms with Gasteiger partial charge in [0.25, 0.3) is 0 Å². The Morgan fingerprint density at radius 3 is 1.57 bits per heavy atom. The van der Waals surface area contributed by atoms with Crippen molar-refractivity contribution in [2.24, 2.45) is 5.92 Å². The van der Waals surface area contributed by atoms with E-state index in [-0.39, 0.29) is 38.9 Å². The first-order valence-corrected chi connectivity index (χ1v) is 13.6. The smallest absolute Gasteiger partial charge is 0.306 e. The van der Waals surface area contributed by atoms with Crippen molar-refractivity contribution in [3.05, 3.63) is 0 Å². The second kappa shape index (κ2) is 16.2. The van der Waals surface area contributed by atoms with Gasteiger partial charge in [0.2, 0.25) is 0 Å². The molecule has 0 aromatic rings. The zero-order valence-electron chi connectivity index (χ0n) is 23.8. The summed E-state index contributed by atoms with van der Waals surface area (Å²) < 4.78 is 44.5.